The summed E-state index contributed by atoms with van der Waals surface area (Å²) in [7, 11) is 0. The lowest BCUT2D eigenvalue weighted by molar-refractivity contribution is 0.102. The maximum Gasteiger partial charge on any atom is 0.261 e. The van der Waals surface area contributed by atoms with E-state index in [1.165, 1.54) is 30.4 Å². The summed E-state index contributed by atoms with van der Waals surface area (Å²) >= 11 is 0. The Kier molecular flexibility index (Phi) is 6.75. The first kappa shape index (κ1) is 23.4. The molecule has 1 aliphatic heterocycles. The van der Waals surface area contributed by atoms with Crippen LogP contribution in [0.15, 0.2) is 79.3 Å². The summed E-state index contributed by atoms with van der Waals surface area (Å²) in [6, 6.07) is 20.9. The Morgan fingerprint density at radius 1 is 0.914 bits per heavy atom. The number of rotatable bonds is 5. The predicted octanol–water partition coefficient (Wildman–Crippen LogP) is 5.29. The summed E-state index contributed by atoms with van der Waals surface area (Å²) in [6.45, 7) is 2.25. The molecule has 180 valence electrons. The molecule has 1 saturated carbocycles. The van der Waals surface area contributed by atoms with Crippen molar-refractivity contribution in [2.45, 2.75) is 38.1 Å². The molecule has 2 aromatic heterocycles. The summed E-state index contributed by atoms with van der Waals surface area (Å²) in [6.07, 6.45) is 11.7. The first-order valence-electron chi connectivity index (χ1n) is 12.2. The van der Waals surface area contributed by atoms with Crippen LogP contribution in [0.4, 0.5) is 5.69 Å². The molecular weight excluding hydrogens is 458 g/mol. The van der Waals surface area contributed by atoms with E-state index in [2.05, 4.69) is 27.4 Å². The van der Waals surface area contributed by atoms with Crippen LogP contribution >= 0.6 is 12.4 Å². The second kappa shape index (κ2) is 10.1. The summed E-state index contributed by atoms with van der Waals surface area (Å²) < 4.78 is 3.74. The fourth-order valence-electron chi connectivity index (χ4n) is 5.12. The summed E-state index contributed by atoms with van der Waals surface area (Å²) in [5, 5.41) is 7.69. The molecule has 1 fully saturated rings. The molecule has 1 amide bonds. The van der Waals surface area contributed by atoms with Crippen LogP contribution in [0.5, 0.6) is 0 Å². The minimum Gasteiger partial charge on any atom is -0.322 e. The van der Waals surface area contributed by atoms with Crippen LogP contribution in [0.25, 0.3) is 11.5 Å². The Bertz CT molecular complexity index is 1290. The lowest BCUT2D eigenvalue weighted by Crippen LogP contribution is -2.41. The topological polar surface area (TPSA) is 55.1 Å². The van der Waals surface area contributed by atoms with Gasteiger partial charge in [-0.15, -0.1) is 12.4 Å². The Hall–Kier alpha value is -3.35. The SMILES string of the molecule is Cl.O=C(Nc1ccc2c(c1)CCN(C1CCC1)CC2)c1cnn(-c2ccccc2)c1-n1cccc1. The predicted molar refractivity (Wildman–Crippen MR) is 141 cm³/mol. The fourth-order valence-corrected chi connectivity index (χ4v) is 5.12. The first-order chi connectivity index (χ1) is 16.8. The highest BCUT2D eigenvalue weighted by molar-refractivity contribution is 6.06. The van der Waals surface area contributed by atoms with E-state index < -0.39 is 0 Å². The number of amides is 1. The van der Waals surface area contributed by atoms with Gasteiger partial charge in [-0.05, 0) is 73.2 Å². The van der Waals surface area contributed by atoms with E-state index in [1.54, 1.807) is 10.9 Å². The normalized spacial score (nSPS) is 16.0. The molecule has 3 heterocycles. The van der Waals surface area contributed by atoms with Gasteiger partial charge in [0.1, 0.15) is 5.56 Å². The van der Waals surface area contributed by atoms with Crippen molar-refractivity contribution in [1.82, 2.24) is 19.2 Å². The Balaban J connectivity index is 0.00000253. The first-order valence-corrected chi connectivity index (χ1v) is 12.2. The van der Waals surface area contributed by atoms with Gasteiger partial charge in [-0.25, -0.2) is 4.68 Å². The standard InChI is InChI=1S/C28H29N5O.ClH/c34-27(26-20-29-33(25-7-2-1-3-8-25)28(26)32-15-4-5-16-32)30-23-12-11-21-13-17-31(24-9-6-10-24)18-14-22(21)19-23;/h1-5,7-8,11-12,15-16,19-20,24H,6,9-10,13-14,17-18H2,(H,30,34);1H. The second-order valence-electron chi connectivity index (χ2n) is 9.28. The van der Waals surface area contributed by atoms with Crippen LogP contribution in [0.1, 0.15) is 40.7 Å². The van der Waals surface area contributed by atoms with Gasteiger partial charge in [-0.3, -0.25) is 9.69 Å². The van der Waals surface area contributed by atoms with Crippen molar-refractivity contribution in [3.63, 3.8) is 0 Å². The number of hydrogen-bond acceptors (Lipinski definition) is 3. The molecule has 0 atom stereocenters. The lowest BCUT2D eigenvalue weighted by Gasteiger charge is -2.36. The number of carbonyl (C=O) groups is 1. The minimum atomic E-state index is -0.157. The monoisotopic (exact) mass is 487 g/mol. The number of para-hydroxylation sites is 1. The van der Waals surface area contributed by atoms with Crippen LogP contribution in [0.3, 0.4) is 0 Å². The average Bonchev–Trinajstić information content (AvgIpc) is 3.46. The van der Waals surface area contributed by atoms with E-state index in [0.29, 0.717) is 5.56 Å². The van der Waals surface area contributed by atoms with Crippen molar-refractivity contribution in [1.29, 1.82) is 0 Å². The number of nitrogens with one attached hydrogen (secondary N) is 1. The molecule has 0 spiro atoms. The zero-order valence-corrected chi connectivity index (χ0v) is 20.5. The molecule has 0 radical (unpaired) electrons. The van der Waals surface area contributed by atoms with E-state index >= 15 is 0 Å². The molecule has 35 heavy (non-hydrogen) atoms. The number of anilines is 1. The smallest absolute Gasteiger partial charge is 0.261 e. The van der Waals surface area contributed by atoms with Crippen molar-refractivity contribution < 1.29 is 4.79 Å². The maximum absolute atomic E-state index is 13.4. The van der Waals surface area contributed by atoms with Crippen LogP contribution in [0.2, 0.25) is 0 Å². The highest BCUT2D eigenvalue weighted by Gasteiger charge is 2.26. The van der Waals surface area contributed by atoms with Gasteiger partial charge in [-0.1, -0.05) is 30.7 Å². The van der Waals surface area contributed by atoms with Gasteiger partial charge in [0.05, 0.1) is 11.9 Å². The van der Waals surface area contributed by atoms with E-state index in [0.717, 1.165) is 49.2 Å². The van der Waals surface area contributed by atoms with E-state index in [4.69, 9.17) is 0 Å². The zero-order chi connectivity index (χ0) is 22.9. The van der Waals surface area contributed by atoms with Crippen molar-refractivity contribution >= 4 is 24.0 Å². The van der Waals surface area contributed by atoms with Gasteiger partial charge < -0.3 is 9.88 Å². The number of fused-ring (bicyclic) bond motifs is 1. The minimum absolute atomic E-state index is 0. The summed E-state index contributed by atoms with van der Waals surface area (Å²) in [5.41, 5.74) is 5.04. The van der Waals surface area contributed by atoms with Crippen molar-refractivity contribution in [2.24, 2.45) is 0 Å². The Morgan fingerprint density at radius 3 is 2.37 bits per heavy atom. The van der Waals surface area contributed by atoms with Gasteiger partial charge in [0.2, 0.25) is 0 Å². The molecule has 4 aromatic rings. The molecule has 0 bridgehead atoms. The van der Waals surface area contributed by atoms with Gasteiger partial charge in [0.15, 0.2) is 5.82 Å². The van der Waals surface area contributed by atoms with E-state index in [-0.39, 0.29) is 18.3 Å². The molecule has 6 nitrogen and oxygen atoms in total. The largest absolute Gasteiger partial charge is 0.322 e. The fraction of sp³-hybridized carbons (Fsp3) is 0.286. The Morgan fingerprint density at radius 2 is 1.66 bits per heavy atom. The zero-order valence-electron chi connectivity index (χ0n) is 19.6. The third kappa shape index (κ3) is 4.64. The van der Waals surface area contributed by atoms with Gasteiger partial charge >= 0.3 is 0 Å². The number of benzene rings is 2. The van der Waals surface area contributed by atoms with E-state index in [9.17, 15) is 4.79 Å². The van der Waals surface area contributed by atoms with Crippen LogP contribution in [-0.4, -0.2) is 44.3 Å². The second-order valence-corrected chi connectivity index (χ2v) is 9.28. The number of aromatic nitrogens is 3. The number of hydrogen-bond donors (Lipinski definition) is 1. The summed E-state index contributed by atoms with van der Waals surface area (Å²) in [4.78, 5) is 16.1. The average molecular weight is 488 g/mol. The molecular formula is C28H30ClN5O. The van der Waals surface area contributed by atoms with Crippen LogP contribution in [0, 0.1) is 0 Å². The third-order valence-corrected chi connectivity index (χ3v) is 7.23. The maximum atomic E-state index is 13.4. The number of carbonyl (C=O) groups excluding carboxylic acids is 1. The molecule has 2 aliphatic rings. The molecule has 6 rings (SSSR count). The third-order valence-electron chi connectivity index (χ3n) is 7.23. The lowest BCUT2D eigenvalue weighted by atomic mass is 9.91. The van der Waals surface area contributed by atoms with Crippen LogP contribution in [-0.2, 0) is 12.8 Å². The molecule has 2 aromatic carbocycles. The molecule has 0 unspecified atom stereocenters. The molecule has 1 N–H and O–H groups in total. The molecule has 1 aliphatic carbocycles. The van der Waals surface area contributed by atoms with Crippen LogP contribution < -0.4 is 5.32 Å². The van der Waals surface area contributed by atoms with Gasteiger partial charge in [-0.2, -0.15) is 5.10 Å². The summed E-state index contributed by atoms with van der Waals surface area (Å²) in [5.74, 6) is 0.565. The van der Waals surface area contributed by atoms with Crippen molar-refractivity contribution in [2.75, 3.05) is 18.4 Å². The van der Waals surface area contributed by atoms with Gasteiger partial charge in [0, 0.05) is 37.2 Å². The van der Waals surface area contributed by atoms with Crippen molar-refractivity contribution in [3.05, 3.63) is 95.9 Å². The molecule has 7 heteroatoms. The molecule has 0 saturated heterocycles. The quantitative estimate of drug-likeness (QED) is 0.416. The van der Waals surface area contributed by atoms with Gasteiger partial charge in [0.25, 0.3) is 5.91 Å². The Labute approximate surface area is 212 Å². The number of halogens is 1. The highest BCUT2D eigenvalue weighted by atomic mass is 35.5. The van der Waals surface area contributed by atoms with E-state index in [1.807, 2.05) is 65.5 Å². The highest BCUT2D eigenvalue weighted by Crippen LogP contribution is 2.28. The number of nitrogens with zero attached hydrogens (tertiary/aromatic N) is 4. The van der Waals surface area contributed by atoms with Crippen molar-refractivity contribution in [3.8, 4) is 11.5 Å².